The van der Waals surface area contributed by atoms with E-state index in [1.54, 1.807) is 0 Å². The number of morpholine rings is 1. The summed E-state index contributed by atoms with van der Waals surface area (Å²) in [5.41, 5.74) is 1.15. The molecule has 112 valence electrons. The van der Waals surface area contributed by atoms with Crippen LogP contribution in [0.15, 0.2) is 33.2 Å². The molecule has 1 aliphatic heterocycles. The van der Waals surface area contributed by atoms with Gasteiger partial charge in [0.2, 0.25) is 0 Å². The van der Waals surface area contributed by atoms with E-state index < -0.39 is 0 Å². The van der Waals surface area contributed by atoms with E-state index >= 15 is 0 Å². The Hall–Kier alpha value is -0.840. The average molecular weight is 350 g/mol. The molecule has 1 N–H and O–H groups in total. The molecular formula is C17H20BrNO2. The Bertz CT molecular complexity index is 635. The first kappa shape index (κ1) is 13.8. The molecule has 0 amide bonds. The minimum Gasteiger partial charge on any atom is -0.458 e. The summed E-state index contributed by atoms with van der Waals surface area (Å²) in [4.78, 5) is 0. The lowest BCUT2D eigenvalue weighted by Crippen LogP contribution is -2.55. The molecule has 2 fully saturated rings. The summed E-state index contributed by atoms with van der Waals surface area (Å²) < 4.78 is 13.2. The van der Waals surface area contributed by atoms with Crippen molar-refractivity contribution < 1.29 is 9.15 Å². The molecular weight excluding hydrogens is 330 g/mol. The van der Waals surface area contributed by atoms with Crippen molar-refractivity contribution in [2.75, 3.05) is 13.2 Å². The first-order chi connectivity index (χ1) is 10.2. The van der Waals surface area contributed by atoms with Gasteiger partial charge >= 0.3 is 0 Å². The van der Waals surface area contributed by atoms with Gasteiger partial charge in [-0.1, -0.05) is 35.2 Å². The molecule has 1 unspecified atom stereocenters. The molecule has 1 atom stereocenters. The average Bonchev–Trinajstić information content (AvgIpc) is 2.92. The normalized spacial score (nSPS) is 25.5. The number of furan rings is 1. The van der Waals surface area contributed by atoms with Gasteiger partial charge in [0, 0.05) is 21.9 Å². The van der Waals surface area contributed by atoms with E-state index in [0.717, 1.165) is 34.4 Å². The fourth-order valence-corrected chi connectivity index (χ4v) is 3.98. The van der Waals surface area contributed by atoms with Gasteiger partial charge in [-0.15, -0.1) is 0 Å². The maximum atomic E-state index is 6.15. The summed E-state index contributed by atoms with van der Waals surface area (Å²) in [6.07, 6.45) is 6.52. The summed E-state index contributed by atoms with van der Waals surface area (Å²) in [6.45, 7) is 1.65. The molecule has 2 heterocycles. The SMILES string of the molecule is Brc1ccc2oc(C3CNC4(CCCCC4)CO3)cc2c1. The Kier molecular flexibility index (Phi) is 3.56. The third-order valence-corrected chi connectivity index (χ3v) is 5.34. The molecule has 1 spiro atoms. The van der Waals surface area contributed by atoms with Crippen molar-refractivity contribution in [3.8, 4) is 0 Å². The van der Waals surface area contributed by atoms with Crippen LogP contribution in [0.3, 0.4) is 0 Å². The Morgan fingerprint density at radius 2 is 2.00 bits per heavy atom. The van der Waals surface area contributed by atoms with Gasteiger partial charge in [-0.05, 0) is 37.1 Å². The molecule has 21 heavy (non-hydrogen) atoms. The zero-order valence-corrected chi connectivity index (χ0v) is 13.6. The molecule has 4 heteroatoms. The number of rotatable bonds is 1. The minimum absolute atomic E-state index is 0.0312. The fraction of sp³-hybridized carbons (Fsp3) is 0.529. The highest BCUT2D eigenvalue weighted by atomic mass is 79.9. The van der Waals surface area contributed by atoms with E-state index in [-0.39, 0.29) is 11.6 Å². The fourth-order valence-electron chi connectivity index (χ4n) is 3.61. The second kappa shape index (κ2) is 5.41. The van der Waals surface area contributed by atoms with Gasteiger partial charge in [-0.25, -0.2) is 0 Å². The second-order valence-corrected chi connectivity index (χ2v) is 7.27. The summed E-state index contributed by atoms with van der Waals surface area (Å²) >= 11 is 3.50. The number of benzene rings is 1. The Balaban J connectivity index is 1.51. The molecule has 4 rings (SSSR count). The quantitative estimate of drug-likeness (QED) is 0.819. The van der Waals surface area contributed by atoms with Crippen LogP contribution in [0.4, 0.5) is 0 Å². The largest absolute Gasteiger partial charge is 0.458 e. The summed E-state index contributed by atoms with van der Waals surface area (Å²) in [5, 5.41) is 4.87. The van der Waals surface area contributed by atoms with Gasteiger partial charge in [0.1, 0.15) is 17.4 Å². The summed E-state index contributed by atoms with van der Waals surface area (Å²) in [6, 6.07) is 8.20. The van der Waals surface area contributed by atoms with Crippen LogP contribution in [0.2, 0.25) is 0 Å². The van der Waals surface area contributed by atoms with Crippen molar-refractivity contribution in [3.05, 3.63) is 34.5 Å². The molecule has 1 saturated heterocycles. The van der Waals surface area contributed by atoms with Crippen LogP contribution >= 0.6 is 15.9 Å². The van der Waals surface area contributed by atoms with Crippen molar-refractivity contribution in [3.63, 3.8) is 0 Å². The van der Waals surface area contributed by atoms with Crippen LogP contribution in [-0.2, 0) is 4.74 Å². The molecule has 0 radical (unpaired) electrons. The third kappa shape index (κ3) is 2.65. The zero-order chi connectivity index (χ0) is 14.3. The molecule has 3 nitrogen and oxygen atoms in total. The van der Waals surface area contributed by atoms with E-state index in [0.29, 0.717) is 0 Å². The molecule has 1 aromatic heterocycles. The minimum atomic E-state index is 0.0312. The molecule has 1 saturated carbocycles. The number of halogens is 1. The van der Waals surface area contributed by atoms with Crippen LogP contribution in [-0.4, -0.2) is 18.7 Å². The topological polar surface area (TPSA) is 34.4 Å². The van der Waals surface area contributed by atoms with Gasteiger partial charge in [-0.2, -0.15) is 0 Å². The summed E-state index contributed by atoms with van der Waals surface area (Å²) in [5.74, 6) is 0.932. The first-order valence-corrected chi connectivity index (χ1v) is 8.59. The zero-order valence-electron chi connectivity index (χ0n) is 12.0. The Labute approximate surface area is 133 Å². The lowest BCUT2D eigenvalue weighted by Gasteiger charge is -2.43. The number of fused-ring (bicyclic) bond motifs is 1. The van der Waals surface area contributed by atoms with E-state index in [2.05, 4.69) is 33.4 Å². The van der Waals surface area contributed by atoms with Crippen LogP contribution in [0.5, 0.6) is 0 Å². The van der Waals surface area contributed by atoms with Gasteiger partial charge in [0.25, 0.3) is 0 Å². The molecule has 1 aromatic carbocycles. The highest BCUT2D eigenvalue weighted by Gasteiger charge is 2.37. The lowest BCUT2D eigenvalue weighted by molar-refractivity contribution is -0.0544. The predicted octanol–water partition coefficient (Wildman–Crippen LogP) is 4.56. The molecule has 1 aliphatic carbocycles. The maximum absolute atomic E-state index is 6.15. The van der Waals surface area contributed by atoms with Crippen LogP contribution < -0.4 is 5.32 Å². The number of hydrogen-bond donors (Lipinski definition) is 1. The highest BCUT2D eigenvalue weighted by Crippen LogP contribution is 2.35. The standard InChI is InChI=1S/C17H20BrNO2/c18-13-4-5-14-12(8-13)9-15(21-14)16-10-19-17(11-20-16)6-2-1-3-7-17/h4-5,8-9,16,19H,1-3,6-7,10-11H2. The first-order valence-electron chi connectivity index (χ1n) is 7.80. The lowest BCUT2D eigenvalue weighted by atomic mass is 9.81. The predicted molar refractivity (Wildman–Crippen MR) is 86.4 cm³/mol. The van der Waals surface area contributed by atoms with Crippen molar-refractivity contribution in [1.29, 1.82) is 0 Å². The van der Waals surface area contributed by atoms with Gasteiger partial charge < -0.3 is 14.5 Å². The Morgan fingerprint density at radius 3 is 2.76 bits per heavy atom. The van der Waals surface area contributed by atoms with Gasteiger partial charge in [-0.3, -0.25) is 0 Å². The third-order valence-electron chi connectivity index (χ3n) is 4.85. The number of ether oxygens (including phenoxy) is 1. The van der Waals surface area contributed by atoms with Crippen LogP contribution in [0.1, 0.15) is 44.0 Å². The van der Waals surface area contributed by atoms with Crippen LogP contribution in [0.25, 0.3) is 11.0 Å². The number of nitrogens with one attached hydrogen (secondary N) is 1. The molecule has 0 bridgehead atoms. The monoisotopic (exact) mass is 349 g/mol. The van der Waals surface area contributed by atoms with E-state index in [9.17, 15) is 0 Å². The number of hydrogen-bond acceptors (Lipinski definition) is 3. The maximum Gasteiger partial charge on any atom is 0.135 e. The van der Waals surface area contributed by atoms with Crippen molar-refractivity contribution in [2.45, 2.75) is 43.7 Å². The second-order valence-electron chi connectivity index (χ2n) is 6.35. The van der Waals surface area contributed by atoms with E-state index in [1.807, 2.05) is 12.1 Å². The highest BCUT2D eigenvalue weighted by molar-refractivity contribution is 9.10. The molecule has 2 aliphatic rings. The smallest absolute Gasteiger partial charge is 0.135 e. The van der Waals surface area contributed by atoms with Crippen molar-refractivity contribution in [1.82, 2.24) is 5.32 Å². The van der Waals surface area contributed by atoms with Gasteiger partial charge in [0.05, 0.1) is 6.61 Å². The van der Waals surface area contributed by atoms with E-state index in [1.165, 1.54) is 32.1 Å². The van der Waals surface area contributed by atoms with Crippen molar-refractivity contribution in [2.24, 2.45) is 0 Å². The van der Waals surface area contributed by atoms with E-state index in [4.69, 9.17) is 9.15 Å². The van der Waals surface area contributed by atoms with Crippen LogP contribution in [0, 0.1) is 0 Å². The Morgan fingerprint density at radius 1 is 1.14 bits per heavy atom. The van der Waals surface area contributed by atoms with Crippen molar-refractivity contribution >= 4 is 26.9 Å². The van der Waals surface area contributed by atoms with Gasteiger partial charge in [0.15, 0.2) is 0 Å². The molecule has 2 aromatic rings. The summed E-state index contributed by atoms with van der Waals surface area (Å²) in [7, 11) is 0.